The maximum Gasteiger partial charge on any atom is 0.309 e. The van der Waals surface area contributed by atoms with Crippen molar-refractivity contribution in [1.82, 2.24) is 0 Å². The lowest BCUT2D eigenvalue weighted by atomic mass is 9.36. The highest BCUT2D eigenvalue weighted by Gasteiger charge is 2.68. The average molecular weight is 665 g/mol. The van der Waals surface area contributed by atoms with Gasteiger partial charge in [-0.15, -0.1) is 0 Å². The van der Waals surface area contributed by atoms with E-state index in [1.807, 2.05) is 13.8 Å². The van der Waals surface area contributed by atoms with Crippen molar-refractivity contribution in [3.05, 3.63) is 11.1 Å². The predicted octanol–water partition coefficient (Wildman–Crippen LogP) is 4.61. The number of carboxylic acids is 2. The van der Waals surface area contributed by atoms with E-state index in [0.29, 0.717) is 12.3 Å². The van der Waals surface area contributed by atoms with Crippen molar-refractivity contribution in [3.63, 3.8) is 0 Å². The Hall–Kier alpha value is -1.56. The Balaban J connectivity index is 1.54. The van der Waals surface area contributed by atoms with Crippen LogP contribution in [0.15, 0.2) is 11.1 Å². The fourth-order valence-electron chi connectivity index (χ4n) is 12.0. The number of hydrogen-bond donors (Lipinski definition) is 6. The molecule has 5 rings (SSSR count). The summed E-state index contributed by atoms with van der Waals surface area (Å²) in [6.45, 7) is 18.9. The molecule has 10 heteroatoms. The van der Waals surface area contributed by atoms with Gasteiger partial charge in [0.2, 0.25) is 0 Å². The minimum atomic E-state index is -1.62. The first-order valence-corrected chi connectivity index (χ1v) is 17.8. The Morgan fingerprint density at radius 2 is 1.51 bits per heavy atom. The van der Waals surface area contributed by atoms with E-state index >= 15 is 0 Å². The number of allylic oxidation sites excluding steroid dienone is 2. The number of ether oxygens (including phenoxy) is 2. The van der Waals surface area contributed by atoms with E-state index in [9.17, 15) is 40.2 Å². The third-order valence-electron chi connectivity index (χ3n) is 15.2. The maximum atomic E-state index is 13.3. The molecule has 1 saturated heterocycles. The van der Waals surface area contributed by atoms with Gasteiger partial charge in [0, 0.05) is 0 Å². The van der Waals surface area contributed by atoms with Crippen LogP contribution in [0, 0.1) is 56.7 Å². The van der Waals surface area contributed by atoms with Crippen LogP contribution in [0.1, 0.15) is 107 Å². The molecule has 268 valence electrons. The molecule has 47 heavy (non-hydrogen) atoms. The summed E-state index contributed by atoms with van der Waals surface area (Å²) in [7, 11) is 0. The Bertz CT molecular complexity index is 1280. The molecule has 2 saturated carbocycles. The molecule has 4 aliphatic carbocycles. The number of aliphatic hydroxyl groups is 4. The largest absolute Gasteiger partial charge is 0.481 e. The van der Waals surface area contributed by atoms with Gasteiger partial charge in [-0.25, -0.2) is 0 Å². The lowest BCUT2D eigenvalue weighted by Crippen LogP contribution is -2.65. The molecular weight excluding hydrogens is 604 g/mol. The zero-order valence-corrected chi connectivity index (χ0v) is 29.8. The average Bonchev–Trinajstić information content (AvgIpc) is 2.98. The topological polar surface area (TPSA) is 174 Å². The highest BCUT2D eigenvalue weighted by molar-refractivity contribution is 5.73. The number of fused-ring (bicyclic) bond motifs is 4. The predicted molar refractivity (Wildman–Crippen MR) is 174 cm³/mol. The van der Waals surface area contributed by atoms with Crippen LogP contribution < -0.4 is 0 Å². The standard InChI is InChI=1S/C37H60O10/c1-18(2)19(3)34(6)14-15-36(8)22-10-11-24-33(4,5)29(47-32-27(41)26(40)25(39)23(17-38)46-32)20(30(42)43)16-35(24,7)21(22)12-13-37(36,9)28(34)31(44)45/h18-20,23-29,32,38-41H,10-17H2,1-9H3,(H,42,43)(H,44,45). The van der Waals surface area contributed by atoms with Gasteiger partial charge in [-0.3, -0.25) is 9.59 Å². The van der Waals surface area contributed by atoms with Gasteiger partial charge in [-0.1, -0.05) is 73.5 Å². The lowest BCUT2D eigenvalue weighted by molar-refractivity contribution is -0.331. The molecular formula is C37H60O10. The van der Waals surface area contributed by atoms with Gasteiger partial charge < -0.3 is 40.1 Å². The fourth-order valence-corrected chi connectivity index (χ4v) is 12.0. The van der Waals surface area contributed by atoms with E-state index in [0.717, 1.165) is 38.5 Å². The van der Waals surface area contributed by atoms with E-state index in [4.69, 9.17) is 9.47 Å². The molecule has 0 spiro atoms. The van der Waals surface area contributed by atoms with Gasteiger partial charge in [0.05, 0.1) is 24.5 Å². The summed E-state index contributed by atoms with van der Waals surface area (Å²) >= 11 is 0. The smallest absolute Gasteiger partial charge is 0.309 e. The van der Waals surface area contributed by atoms with Crippen molar-refractivity contribution in [3.8, 4) is 0 Å². The summed E-state index contributed by atoms with van der Waals surface area (Å²) in [6.07, 6.45) is -3.17. The summed E-state index contributed by atoms with van der Waals surface area (Å²) in [5.41, 5.74) is 0.334. The van der Waals surface area contributed by atoms with E-state index in [1.54, 1.807) is 0 Å². The SMILES string of the molecule is CC(C)C(C)C1(C)CCC2(C)C3=C(CCC2(C)C1C(=O)O)C1(C)CC(C(=O)O)C(OC2OC(CO)C(O)C(O)C2O)C(C)(C)C1CC3. The highest BCUT2D eigenvalue weighted by Crippen LogP contribution is 2.74. The first-order chi connectivity index (χ1) is 21.6. The number of aliphatic carboxylic acids is 2. The molecule has 1 aliphatic heterocycles. The second kappa shape index (κ2) is 12.0. The second-order valence-corrected chi connectivity index (χ2v) is 17.7. The first kappa shape index (κ1) is 36.7. The van der Waals surface area contributed by atoms with Crippen LogP contribution in [-0.2, 0) is 19.1 Å². The van der Waals surface area contributed by atoms with Crippen molar-refractivity contribution >= 4 is 11.9 Å². The van der Waals surface area contributed by atoms with Crippen LogP contribution in [0.3, 0.4) is 0 Å². The molecule has 14 atom stereocenters. The molecule has 0 aromatic rings. The van der Waals surface area contributed by atoms with Gasteiger partial charge >= 0.3 is 11.9 Å². The van der Waals surface area contributed by atoms with Gasteiger partial charge in [0.25, 0.3) is 0 Å². The minimum Gasteiger partial charge on any atom is -0.481 e. The van der Waals surface area contributed by atoms with Crippen LogP contribution >= 0.6 is 0 Å². The lowest BCUT2D eigenvalue weighted by Gasteiger charge is -2.68. The van der Waals surface area contributed by atoms with Gasteiger partial charge in [-0.2, -0.15) is 0 Å². The third kappa shape index (κ3) is 5.17. The summed E-state index contributed by atoms with van der Waals surface area (Å²) in [5.74, 6) is -2.57. The monoisotopic (exact) mass is 664 g/mol. The molecule has 1 heterocycles. The molecule has 0 amide bonds. The summed E-state index contributed by atoms with van der Waals surface area (Å²) in [4.78, 5) is 26.3. The number of carbonyl (C=O) groups is 2. The highest BCUT2D eigenvalue weighted by atomic mass is 16.7. The normalized spacial score (nSPS) is 48.7. The van der Waals surface area contributed by atoms with E-state index in [1.165, 1.54) is 11.1 Å². The molecule has 0 bridgehead atoms. The number of hydrogen-bond acceptors (Lipinski definition) is 8. The molecule has 14 unspecified atom stereocenters. The Kier molecular flexibility index (Phi) is 9.41. The van der Waals surface area contributed by atoms with Gasteiger partial charge in [0.1, 0.15) is 24.4 Å². The zero-order chi connectivity index (χ0) is 35.2. The summed E-state index contributed by atoms with van der Waals surface area (Å²) in [6, 6.07) is 0. The third-order valence-corrected chi connectivity index (χ3v) is 15.2. The van der Waals surface area contributed by atoms with Crippen molar-refractivity contribution < 1.29 is 49.7 Å². The van der Waals surface area contributed by atoms with Crippen molar-refractivity contribution in [2.45, 2.75) is 144 Å². The van der Waals surface area contributed by atoms with Crippen LogP contribution in [0.2, 0.25) is 0 Å². The van der Waals surface area contributed by atoms with Crippen molar-refractivity contribution in [1.29, 1.82) is 0 Å². The number of rotatable bonds is 7. The molecule has 5 aliphatic rings. The van der Waals surface area contributed by atoms with Gasteiger partial charge in [0.15, 0.2) is 6.29 Å². The molecule has 3 fully saturated rings. The summed E-state index contributed by atoms with van der Waals surface area (Å²) < 4.78 is 12.0. The van der Waals surface area contributed by atoms with Crippen LogP contribution in [-0.4, -0.2) is 86.0 Å². The molecule has 0 aromatic carbocycles. The zero-order valence-electron chi connectivity index (χ0n) is 29.8. The van der Waals surface area contributed by atoms with E-state index in [-0.39, 0.29) is 22.7 Å². The Morgan fingerprint density at radius 3 is 2.06 bits per heavy atom. The first-order valence-electron chi connectivity index (χ1n) is 17.8. The number of aliphatic hydroxyl groups excluding tert-OH is 4. The molecule has 10 nitrogen and oxygen atoms in total. The van der Waals surface area contributed by atoms with Crippen LogP contribution in [0.4, 0.5) is 0 Å². The van der Waals surface area contributed by atoms with Crippen molar-refractivity contribution in [2.75, 3.05) is 6.61 Å². The molecule has 0 aromatic heterocycles. The summed E-state index contributed by atoms with van der Waals surface area (Å²) in [5, 5.41) is 62.8. The van der Waals surface area contributed by atoms with Crippen LogP contribution in [0.25, 0.3) is 0 Å². The minimum absolute atomic E-state index is 0.0253. The van der Waals surface area contributed by atoms with Crippen molar-refractivity contribution in [2.24, 2.45) is 56.7 Å². The molecule has 6 N–H and O–H groups in total. The fraction of sp³-hybridized carbons (Fsp3) is 0.892. The Labute approximate surface area is 279 Å². The van der Waals surface area contributed by atoms with Gasteiger partial charge in [-0.05, 0) is 89.8 Å². The van der Waals surface area contributed by atoms with Crippen LogP contribution in [0.5, 0.6) is 0 Å². The second-order valence-electron chi connectivity index (χ2n) is 17.7. The van der Waals surface area contributed by atoms with E-state index in [2.05, 4.69) is 48.5 Å². The Morgan fingerprint density at radius 1 is 0.872 bits per heavy atom. The van der Waals surface area contributed by atoms with E-state index < -0.39 is 83.4 Å². The maximum absolute atomic E-state index is 13.3. The number of carboxylic acid groups (broad SMARTS) is 2. The molecule has 0 radical (unpaired) electrons. The quantitative estimate of drug-likeness (QED) is 0.211.